The first-order valence-electron chi connectivity index (χ1n) is 3.45. The number of carboxylic acids is 1. The topological polar surface area (TPSA) is 99.3 Å². The molecular formula is C7H10N2O3. The number of carbonyl (C=O) groups is 1. The van der Waals surface area contributed by atoms with Crippen molar-refractivity contribution >= 4 is 5.97 Å². The fourth-order valence-corrected chi connectivity index (χ4v) is 0.970. The number of hydrogen-bond donors (Lipinski definition) is 4. The molecule has 0 spiro atoms. The molecule has 0 amide bonds. The number of nitrogens with one attached hydrogen (secondary N) is 1. The first kappa shape index (κ1) is 8.61. The molecule has 1 rings (SSSR count). The summed E-state index contributed by atoms with van der Waals surface area (Å²) >= 11 is 0. The van der Waals surface area contributed by atoms with Crippen LogP contribution in [0.4, 0.5) is 0 Å². The van der Waals surface area contributed by atoms with Crippen molar-refractivity contribution in [1.29, 1.82) is 0 Å². The zero-order valence-electron chi connectivity index (χ0n) is 6.32. The lowest BCUT2D eigenvalue weighted by atomic mass is 10.1. The van der Waals surface area contributed by atoms with Crippen LogP contribution >= 0.6 is 0 Å². The fraction of sp³-hybridized carbons (Fsp3) is 0.286. The number of aromatic amines is 1. The van der Waals surface area contributed by atoms with Gasteiger partial charge in [0.05, 0.1) is 6.42 Å². The second kappa shape index (κ2) is 3.27. The lowest BCUT2D eigenvalue weighted by molar-refractivity contribution is -0.137. The van der Waals surface area contributed by atoms with Gasteiger partial charge < -0.3 is 20.9 Å². The maximum absolute atomic E-state index is 10.2. The Bertz CT molecular complexity index is 282. The van der Waals surface area contributed by atoms with E-state index in [1.165, 1.54) is 6.20 Å². The molecule has 0 aliphatic heterocycles. The summed E-state index contributed by atoms with van der Waals surface area (Å²) in [7, 11) is 0. The Hall–Kier alpha value is -1.49. The van der Waals surface area contributed by atoms with Gasteiger partial charge in [-0.3, -0.25) is 4.79 Å². The highest BCUT2D eigenvalue weighted by Gasteiger charge is 2.14. The average molecular weight is 170 g/mol. The Morgan fingerprint density at radius 1 is 1.75 bits per heavy atom. The van der Waals surface area contributed by atoms with Gasteiger partial charge in [0.25, 0.3) is 0 Å². The fourth-order valence-electron chi connectivity index (χ4n) is 0.970. The molecule has 0 unspecified atom stereocenters. The molecule has 0 aliphatic carbocycles. The second-order valence-corrected chi connectivity index (χ2v) is 2.49. The molecule has 0 radical (unpaired) electrons. The van der Waals surface area contributed by atoms with Crippen LogP contribution in [0.25, 0.3) is 0 Å². The quantitative estimate of drug-likeness (QED) is 0.520. The lowest BCUT2D eigenvalue weighted by Crippen LogP contribution is -2.14. The van der Waals surface area contributed by atoms with Gasteiger partial charge in [0.1, 0.15) is 0 Å². The number of aliphatic carboxylic acids is 1. The number of aromatic hydroxyl groups is 1. The van der Waals surface area contributed by atoms with Gasteiger partial charge in [-0.2, -0.15) is 0 Å². The van der Waals surface area contributed by atoms with E-state index in [1.54, 1.807) is 6.07 Å². The number of nitrogens with two attached hydrogens (primary N) is 1. The van der Waals surface area contributed by atoms with Crippen molar-refractivity contribution in [3.8, 4) is 5.88 Å². The van der Waals surface area contributed by atoms with Gasteiger partial charge in [-0.05, 0) is 6.07 Å². The summed E-state index contributed by atoms with van der Waals surface area (Å²) in [6.07, 6.45) is 1.32. The normalized spacial score (nSPS) is 12.8. The third kappa shape index (κ3) is 1.76. The van der Waals surface area contributed by atoms with Crippen molar-refractivity contribution < 1.29 is 15.0 Å². The number of carboxylic acid groups (broad SMARTS) is 1. The molecule has 0 fully saturated rings. The predicted octanol–water partition coefficient (Wildman–Crippen LogP) is 0.195. The minimum absolute atomic E-state index is 0.0660. The summed E-state index contributed by atoms with van der Waals surface area (Å²) < 4.78 is 0. The Balaban J connectivity index is 2.71. The highest BCUT2D eigenvalue weighted by molar-refractivity contribution is 5.68. The number of rotatable bonds is 3. The van der Waals surface area contributed by atoms with Gasteiger partial charge in [0.15, 0.2) is 5.88 Å². The summed E-state index contributed by atoms with van der Waals surface area (Å²) in [5, 5.41) is 17.5. The minimum Gasteiger partial charge on any atom is -0.494 e. The van der Waals surface area contributed by atoms with Crippen LogP contribution in [0.5, 0.6) is 5.88 Å². The molecule has 5 nitrogen and oxygen atoms in total. The van der Waals surface area contributed by atoms with Gasteiger partial charge >= 0.3 is 5.97 Å². The van der Waals surface area contributed by atoms with E-state index >= 15 is 0 Å². The minimum atomic E-state index is -0.983. The standard InChI is InChI=1S/C7H10N2O3/c8-5(3-6(10)11)4-1-2-9-7(4)12/h1-2,5,9,12H,3,8H2,(H,10,11)/t5-/m1/s1. The van der Waals surface area contributed by atoms with Crippen molar-refractivity contribution in [3.63, 3.8) is 0 Å². The van der Waals surface area contributed by atoms with E-state index in [1.807, 2.05) is 0 Å². The SMILES string of the molecule is N[C@H](CC(=O)O)c1cc[nH]c1O. The summed E-state index contributed by atoms with van der Waals surface area (Å²) in [5.41, 5.74) is 5.91. The molecule has 1 heterocycles. The van der Waals surface area contributed by atoms with Crippen LogP contribution in [0.15, 0.2) is 12.3 Å². The third-order valence-electron chi connectivity index (χ3n) is 1.55. The Kier molecular flexibility index (Phi) is 2.35. The molecule has 1 atom stereocenters. The van der Waals surface area contributed by atoms with Crippen molar-refractivity contribution in [2.24, 2.45) is 5.73 Å². The van der Waals surface area contributed by atoms with Crippen LogP contribution in [0.2, 0.25) is 0 Å². The van der Waals surface area contributed by atoms with E-state index in [-0.39, 0.29) is 12.3 Å². The van der Waals surface area contributed by atoms with E-state index in [4.69, 9.17) is 15.9 Å². The van der Waals surface area contributed by atoms with Crippen LogP contribution in [0.3, 0.4) is 0 Å². The van der Waals surface area contributed by atoms with Crippen LogP contribution in [0.1, 0.15) is 18.0 Å². The molecule has 66 valence electrons. The maximum Gasteiger partial charge on any atom is 0.305 e. The molecule has 5 heteroatoms. The van der Waals surface area contributed by atoms with Gasteiger partial charge in [-0.15, -0.1) is 0 Å². The predicted molar refractivity (Wildman–Crippen MR) is 41.6 cm³/mol. The number of H-pyrrole nitrogens is 1. The Morgan fingerprint density at radius 3 is 2.83 bits per heavy atom. The van der Waals surface area contributed by atoms with Gasteiger partial charge in [-0.1, -0.05) is 0 Å². The summed E-state index contributed by atoms with van der Waals surface area (Å²) in [6, 6.07) is 0.900. The molecule has 1 aromatic heterocycles. The molecule has 0 aliphatic rings. The summed E-state index contributed by atoms with van der Waals surface area (Å²) in [4.78, 5) is 12.7. The van der Waals surface area contributed by atoms with Crippen LogP contribution in [0, 0.1) is 0 Å². The van der Waals surface area contributed by atoms with Crippen molar-refractivity contribution in [2.45, 2.75) is 12.5 Å². The van der Waals surface area contributed by atoms with E-state index in [9.17, 15) is 4.79 Å². The molecular weight excluding hydrogens is 160 g/mol. The van der Waals surface area contributed by atoms with Gasteiger partial charge in [-0.25, -0.2) is 0 Å². The van der Waals surface area contributed by atoms with Crippen LogP contribution < -0.4 is 5.73 Å². The summed E-state index contributed by atoms with van der Waals surface area (Å²) in [6.45, 7) is 0. The third-order valence-corrected chi connectivity index (χ3v) is 1.55. The smallest absolute Gasteiger partial charge is 0.305 e. The lowest BCUT2D eigenvalue weighted by Gasteiger charge is -2.06. The summed E-state index contributed by atoms with van der Waals surface area (Å²) in [5.74, 6) is -1.05. The molecule has 0 saturated carbocycles. The number of hydrogen-bond acceptors (Lipinski definition) is 3. The monoisotopic (exact) mass is 170 g/mol. The van der Waals surface area contributed by atoms with Crippen molar-refractivity contribution in [2.75, 3.05) is 0 Å². The largest absolute Gasteiger partial charge is 0.494 e. The average Bonchev–Trinajstić information content (AvgIpc) is 2.33. The molecule has 5 N–H and O–H groups in total. The van der Waals surface area contributed by atoms with E-state index in [2.05, 4.69) is 4.98 Å². The zero-order valence-corrected chi connectivity index (χ0v) is 6.32. The highest BCUT2D eigenvalue weighted by Crippen LogP contribution is 2.22. The first-order chi connectivity index (χ1) is 5.61. The molecule has 0 saturated heterocycles. The molecule has 0 aromatic carbocycles. The zero-order chi connectivity index (χ0) is 9.14. The van der Waals surface area contributed by atoms with Gasteiger partial charge in [0, 0.05) is 17.8 Å². The van der Waals surface area contributed by atoms with Gasteiger partial charge in [0.2, 0.25) is 0 Å². The van der Waals surface area contributed by atoms with E-state index < -0.39 is 12.0 Å². The van der Waals surface area contributed by atoms with Crippen molar-refractivity contribution in [1.82, 2.24) is 4.98 Å². The second-order valence-electron chi connectivity index (χ2n) is 2.49. The molecule has 0 bridgehead atoms. The van der Waals surface area contributed by atoms with Crippen LogP contribution in [-0.4, -0.2) is 21.2 Å². The highest BCUT2D eigenvalue weighted by atomic mass is 16.4. The number of aromatic nitrogens is 1. The Morgan fingerprint density at radius 2 is 2.42 bits per heavy atom. The maximum atomic E-state index is 10.2. The molecule has 1 aromatic rings. The van der Waals surface area contributed by atoms with Crippen molar-refractivity contribution in [3.05, 3.63) is 17.8 Å². The van der Waals surface area contributed by atoms with E-state index in [0.29, 0.717) is 5.56 Å². The van der Waals surface area contributed by atoms with E-state index in [0.717, 1.165) is 0 Å². The molecule has 12 heavy (non-hydrogen) atoms. The van der Waals surface area contributed by atoms with Crippen LogP contribution in [-0.2, 0) is 4.79 Å². The first-order valence-corrected chi connectivity index (χ1v) is 3.45. The Labute approximate surface area is 68.8 Å².